The average Bonchev–Trinajstić information content (AvgIpc) is 3.34. The highest BCUT2D eigenvalue weighted by molar-refractivity contribution is 6.31. The molecular weight excluding hydrogens is 348 g/mol. The van der Waals surface area contributed by atoms with E-state index in [2.05, 4.69) is 15.4 Å². The molecule has 0 saturated carbocycles. The Balaban J connectivity index is 1.42. The van der Waals surface area contributed by atoms with E-state index in [9.17, 15) is 0 Å². The van der Waals surface area contributed by atoms with Crippen molar-refractivity contribution in [2.75, 3.05) is 13.6 Å². The van der Waals surface area contributed by atoms with Crippen molar-refractivity contribution in [2.45, 2.75) is 6.54 Å². The largest absolute Gasteiger partial charge is 0.454 e. The lowest BCUT2D eigenvalue weighted by Gasteiger charge is -2.05. The molecule has 9 heteroatoms. The van der Waals surface area contributed by atoms with Crippen LogP contribution in [-0.4, -0.2) is 33.8 Å². The summed E-state index contributed by atoms with van der Waals surface area (Å²) in [5.74, 6) is 3.18. The summed E-state index contributed by atoms with van der Waals surface area (Å²) in [5, 5.41) is 13.2. The van der Waals surface area contributed by atoms with Crippen molar-refractivity contribution in [3.05, 3.63) is 40.9 Å². The standard InChI is InChI=1S/C16H11ClN4O4/c17-11-5-15-14(24-8-25-15)4-10(11)6-21-19-16(18-20-21)9-1-2-12-13(3-9)23-7-22-12/h1-5H,6-8H2. The molecule has 2 aliphatic rings. The van der Waals surface area contributed by atoms with Crippen LogP contribution in [0.5, 0.6) is 23.0 Å². The highest BCUT2D eigenvalue weighted by Crippen LogP contribution is 2.37. The molecule has 0 radical (unpaired) electrons. The molecule has 0 aliphatic carbocycles. The number of rotatable bonds is 3. The molecule has 8 nitrogen and oxygen atoms in total. The number of fused-ring (bicyclic) bond motifs is 2. The Morgan fingerprint density at radius 3 is 2.48 bits per heavy atom. The number of hydrogen-bond acceptors (Lipinski definition) is 7. The van der Waals surface area contributed by atoms with Crippen molar-refractivity contribution >= 4 is 11.6 Å². The first-order valence-corrected chi connectivity index (χ1v) is 7.90. The zero-order valence-electron chi connectivity index (χ0n) is 12.8. The van der Waals surface area contributed by atoms with Crippen molar-refractivity contribution in [3.8, 4) is 34.4 Å². The maximum atomic E-state index is 6.29. The van der Waals surface area contributed by atoms with Crippen LogP contribution in [0.15, 0.2) is 30.3 Å². The van der Waals surface area contributed by atoms with Gasteiger partial charge in [0.05, 0.1) is 6.54 Å². The number of ether oxygens (including phenoxy) is 4. The van der Waals surface area contributed by atoms with Crippen LogP contribution in [-0.2, 0) is 6.54 Å². The van der Waals surface area contributed by atoms with Gasteiger partial charge in [-0.15, -0.1) is 10.2 Å². The number of halogens is 1. The fourth-order valence-corrected chi connectivity index (χ4v) is 2.91. The van der Waals surface area contributed by atoms with Crippen LogP contribution < -0.4 is 18.9 Å². The van der Waals surface area contributed by atoms with E-state index in [1.807, 2.05) is 24.3 Å². The smallest absolute Gasteiger partial charge is 0.231 e. The summed E-state index contributed by atoms with van der Waals surface area (Å²) in [6.07, 6.45) is 0. The Labute approximate surface area is 146 Å². The molecular formula is C16H11ClN4O4. The average molecular weight is 359 g/mol. The number of tetrazole rings is 1. The number of nitrogens with zero attached hydrogens (tertiary/aromatic N) is 4. The predicted octanol–water partition coefficient (Wildman–Crippen LogP) is 2.50. The van der Waals surface area contributed by atoms with E-state index in [4.69, 9.17) is 30.5 Å². The van der Waals surface area contributed by atoms with Gasteiger partial charge >= 0.3 is 0 Å². The van der Waals surface area contributed by atoms with Gasteiger partial charge in [-0.3, -0.25) is 0 Å². The first-order valence-electron chi connectivity index (χ1n) is 7.52. The predicted molar refractivity (Wildman–Crippen MR) is 86.1 cm³/mol. The summed E-state index contributed by atoms with van der Waals surface area (Å²) in [6, 6.07) is 9.08. The van der Waals surface area contributed by atoms with E-state index in [1.54, 1.807) is 6.07 Å². The minimum atomic E-state index is 0.199. The molecule has 0 atom stereocenters. The normalized spacial score (nSPS) is 14.1. The lowest BCUT2D eigenvalue weighted by atomic mass is 10.2. The third kappa shape index (κ3) is 2.51. The molecule has 25 heavy (non-hydrogen) atoms. The maximum absolute atomic E-state index is 6.29. The summed E-state index contributed by atoms with van der Waals surface area (Å²) in [5.41, 5.74) is 1.62. The van der Waals surface area contributed by atoms with E-state index in [1.165, 1.54) is 4.80 Å². The highest BCUT2D eigenvalue weighted by Gasteiger charge is 2.18. The first kappa shape index (κ1) is 14.4. The summed E-state index contributed by atoms with van der Waals surface area (Å²) in [4.78, 5) is 1.48. The second-order valence-electron chi connectivity index (χ2n) is 5.51. The van der Waals surface area contributed by atoms with E-state index in [0.717, 1.165) is 11.1 Å². The Kier molecular flexibility index (Phi) is 3.17. The second kappa shape index (κ2) is 5.52. The van der Waals surface area contributed by atoms with Crippen LogP contribution in [0.25, 0.3) is 11.4 Å². The molecule has 0 amide bonds. The molecule has 1 aromatic heterocycles. The molecule has 0 unspecified atom stereocenters. The van der Waals surface area contributed by atoms with Gasteiger partial charge in [-0.05, 0) is 35.0 Å². The lowest BCUT2D eigenvalue weighted by molar-refractivity contribution is 0.173. The first-order chi connectivity index (χ1) is 12.3. The SMILES string of the molecule is Clc1cc2c(cc1Cn1nnc(-c3ccc4c(c3)OCO4)n1)OCO2. The molecule has 0 saturated heterocycles. The molecule has 2 aliphatic heterocycles. The van der Waals surface area contributed by atoms with E-state index < -0.39 is 0 Å². The third-order valence-corrected chi connectivity index (χ3v) is 4.29. The lowest BCUT2D eigenvalue weighted by Crippen LogP contribution is -2.04. The monoisotopic (exact) mass is 358 g/mol. The van der Waals surface area contributed by atoms with Gasteiger partial charge in [-0.25, -0.2) is 0 Å². The van der Waals surface area contributed by atoms with E-state index in [0.29, 0.717) is 40.4 Å². The highest BCUT2D eigenvalue weighted by atomic mass is 35.5. The topological polar surface area (TPSA) is 80.5 Å². The van der Waals surface area contributed by atoms with Gasteiger partial charge in [0.2, 0.25) is 19.4 Å². The Hall–Kier alpha value is -3.00. The van der Waals surface area contributed by atoms with Crippen molar-refractivity contribution < 1.29 is 18.9 Å². The van der Waals surface area contributed by atoms with Gasteiger partial charge in [-0.2, -0.15) is 4.80 Å². The molecule has 5 rings (SSSR count). The van der Waals surface area contributed by atoms with Gasteiger partial charge < -0.3 is 18.9 Å². The molecule has 126 valence electrons. The van der Waals surface area contributed by atoms with Crippen LogP contribution in [0.1, 0.15) is 5.56 Å². The van der Waals surface area contributed by atoms with Crippen LogP contribution in [0.4, 0.5) is 0 Å². The van der Waals surface area contributed by atoms with Gasteiger partial charge in [0.25, 0.3) is 0 Å². The quantitative estimate of drug-likeness (QED) is 0.711. The molecule has 2 aromatic carbocycles. The second-order valence-corrected chi connectivity index (χ2v) is 5.92. The summed E-state index contributed by atoms with van der Waals surface area (Å²) in [6.45, 7) is 0.791. The van der Waals surface area contributed by atoms with Gasteiger partial charge in [0.1, 0.15) is 0 Å². The van der Waals surface area contributed by atoms with Crippen LogP contribution in [0.3, 0.4) is 0 Å². The van der Waals surface area contributed by atoms with Gasteiger partial charge in [0, 0.05) is 16.7 Å². The Bertz CT molecular complexity index is 975. The van der Waals surface area contributed by atoms with Crippen LogP contribution in [0, 0.1) is 0 Å². The summed E-state index contributed by atoms with van der Waals surface area (Å²) >= 11 is 6.29. The van der Waals surface area contributed by atoms with E-state index in [-0.39, 0.29) is 13.6 Å². The van der Waals surface area contributed by atoms with Crippen molar-refractivity contribution in [3.63, 3.8) is 0 Å². The minimum Gasteiger partial charge on any atom is -0.454 e. The van der Waals surface area contributed by atoms with Crippen molar-refractivity contribution in [2.24, 2.45) is 0 Å². The number of hydrogen-bond donors (Lipinski definition) is 0. The van der Waals surface area contributed by atoms with Crippen LogP contribution in [0.2, 0.25) is 5.02 Å². The summed E-state index contributed by atoms with van der Waals surface area (Å²) < 4.78 is 21.4. The van der Waals surface area contributed by atoms with Gasteiger partial charge in [-0.1, -0.05) is 11.6 Å². The summed E-state index contributed by atoms with van der Waals surface area (Å²) in [7, 11) is 0. The maximum Gasteiger partial charge on any atom is 0.231 e. The third-order valence-electron chi connectivity index (χ3n) is 3.94. The zero-order valence-corrected chi connectivity index (χ0v) is 13.6. The fourth-order valence-electron chi connectivity index (χ4n) is 2.69. The van der Waals surface area contributed by atoms with Crippen molar-refractivity contribution in [1.82, 2.24) is 20.2 Å². The van der Waals surface area contributed by atoms with Gasteiger partial charge in [0.15, 0.2) is 23.0 Å². The number of aromatic nitrogens is 4. The molecule has 0 N–H and O–H groups in total. The Morgan fingerprint density at radius 2 is 1.64 bits per heavy atom. The minimum absolute atomic E-state index is 0.199. The van der Waals surface area contributed by atoms with Crippen LogP contribution >= 0.6 is 11.6 Å². The zero-order chi connectivity index (χ0) is 16.8. The Morgan fingerprint density at radius 1 is 0.920 bits per heavy atom. The molecule has 0 spiro atoms. The van der Waals surface area contributed by atoms with Crippen molar-refractivity contribution in [1.29, 1.82) is 0 Å². The molecule has 3 aromatic rings. The molecule has 0 fully saturated rings. The fraction of sp³-hybridized carbons (Fsp3) is 0.188. The van der Waals surface area contributed by atoms with E-state index >= 15 is 0 Å². The number of benzene rings is 2. The molecule has 3 heterocycles. The molecule has 0 bridgehead atoms.